The van der Waals surface area contributed by atoms with Gasteiger partial charge >= 0.3 is 0 Å². The van der Waals surface area contributed by atoms with Gasteiger partial charge in [0.2, 0.25) is 0 Å². The van der Waals surface area contributed by atoms with E-state index < -0.39 is 0 Å². The Hall–Kier alpha value is -5.46. The topological polar surface area (TPSA) is 0 Å². The van der Waals surface area contributed by atoms with Gasteiger partial charge in [-0.3, -0.25) is 0 Å². The van der Waals surface area contributed by atoms with Gasteiger partial charge in [0.05, 0.1) is 0 Å². The van der Waals surface area contributed by atoms with Crippen molar-refractivity contribution in [1.29, 1.82) is 0 Å². The summed E-state index contributed by atoms with van der Waals surface area (Å²) in [4.78, 5) is 0. The molecular weight excluding hydrogens is 528 g/mol. The maximum Gasteiger partial charge on any atom is -0.00199 e. The molecule has 8 rings (SSSR count). The summed E-state index contributed by atoms with van der Waals surface area (Å²) in [6.07, 6.45) is 0. The van der Waals surface area contributed by atoms with Crippen LogP contribution in [0.2, 0.25) is 0 Å². The average molecular weight is 561 g/mol. The van der Waals surface area contributed by atoms with Crippen LogP contribution in [0.25, 0.3) is 76.8 Å². The van der Waals surface area contributed by atoms with E-state index in [0.717, 1.165) is 0 Å². The molecule has 0 N–H and O–H groups in total. The fourth-order valence-electron chi connectivity index (χ4n) is 6.81. The Kier molecular flexibility index (Phi) is 6.35. The van der Waals surface area contributed by atoms with E-state index in [1.54, 1.807) is 0 Å². The highest BCUT2D eigenvalue weighted by atomic mass is 14.2. The summed E-state index contributed by atoms with van der Waals surface area (Å²) in [5.74, 6) is 0. The first-order valence-corrected chi connectivity index (χ1v) is 15.4. The maximum absolute atomic E-state index is 2.44. The van der Waals surface area contributed by atoms with Gasteiger partial charge in [-0.05, 0) is 96.7 Å². The van der Waals surface area contributed by atoms with Gasteiger partial charge in [-0.25, -0.2) is 0 Å². The SMILES string of the molecule is Cc1ccc(-c2ccc(-c3c(-c4cccc5ccccc45)cc(-c4ccc(C)cc4)c4ccccc34)c3ccccc23)cc1. The van der Waals surface area contributed by atoms with Crippen LogP contribution < -0.4 is 0 Å². The second-order valence-electron chi connectivity index (χ2n) is 11.9. The second-order valence-corrected chi connectivity index (χ2v) is 11.9. The fraction of sp³-hybridized carbons (Fsp3) is 0.0455. The molecule has 0 amide bonds. The average Bonchev–Trinajstić information content (AvgIpc) is 3.08. The molecule has 0 aromatic heterocycles. The molecule has 0 aliphatic carbocycles. The number of benzene rings is 8. The Balaban J connectivity index is 1.51. The van der Waals surface area contributed by atoms with Crippen LogP contribution in [0, 0.1) is 13.8 Å². The summed E-state index contributed by atoms with van der Waals surface area (Å²) in [5, 5.41) is 7.58. The van der Waals surface area contributed by atoms with E-state index in [9.17, 15) is 0 Å². The van der Waals surface area contributed by atoms with Crippen LogP contribution in [0.5, 0.6) is 0 Å². The molecule has 0 unspecified atom stereocenters. The highest BCUT2D eigenvalue weighted by Crippen LogP contribution is 2.47. The number of aryl methyl sites for hydroxylation is 2. The van der Waals surface area contributed by atoms with Gasteiger partial charge in [-0.1, -0.05) is 163 Å². The van der Waals surface area contributed by atoms with Gasteiger partial charge in [0.1, 0.15) is 0 Å². The van der Waals surface area contributed by atoms with Crippen molar-refractivity contribution in [3.8, 4) is 44.5 Å². The van der Waals surface area contributed by atoms with E-state index >= 15 is 0 Å². The van der Waals surface area contributed by atoms with Gasteiger partial charge in [-0.15, -0.1) is 0 Å². The summed E-state index contributed by atoms with van der Waals surface area (Å²) in [5.41, 5.74) is 12.6. The largest absolute Gasteiger partial charge is 0.0616 e. The van der Waals surface area contributed by atoms with Gasteiger partial charge in [0, 0.05) is 0 Å². The molecule has 208 valence electrons. The molecule has 0 heteroatoms. The van der Waals surface area contributed by atoms with E-state index in [0.29, 0.717) is 0 Å². The molecule has 0 saturated heterocycles. The van der Waals surface area contributed by atoms with Crippen LogP contribution in [-0.4, -0.2) is 0 Å². The second kappa shape index (κ2) is 10.7. The predicted octanol–water partition coefficient (Wildman–Crippen LogP) is 12.4. The first-order valence-electron chi connectivity index (χ1n) is 15.4. The van der Waals surface area contributed by atoms with E-state index in [1.807, 2.05) is 0 Å². The highest BCUT2D eigenvalue weighted by molar-refractivity contribution is 6.18. The Morgan fingerprint density at radius 2 is 0.773 bits per heavy atom. The molecule has 0 aliphatic rings. The van der Waals surface area contributed by atoms with Crippen molar-refractivity contribution in [2.24, 2.45) is 0 Å². The summed E-state index contributed by atoms with van der Waals surface area (Å²) >= 11 is 0. The molecule has 8 aromatic rings. The molecule has 0 bridgehead atoms. The van der Waals surface area contributed by atoms with Crippen molar-refractivity contribution < 1.29 is 0 Å². The molecule has 0 fully saturated rings. The van der Waals surface area contributed by atoms with E-state index in [-0.39, 0.29) is 0 Å². The zero-order valence-corrected chi connectivity index (χ0v) is 25.0. The molecule has 0 heterocycles. The van der Waals surface area contributed by atoms with Crippen LogP contribution >= 0.6 is 0 Å². The van der Waals surface area contributed by atoms with Gasteiger partial charge < -0.3 is 0 Å². The lowest BCUT2D eigenvalue weighted by Gasteiger charge is -2.21. The minimum absolute atomic E-state index is 1.24. The number of fused-ring (bicyclic) bond motifs is 3. The summed E-state index contributed by atoms with van der Waals surface area (Å²) in [7, 11) is 0. The smallest absolute Gasteiger partial charge is 0.00199 e. The lowest BCUT2D eigenvalue weighted by atomic mass is 9.82. The van der Waals surface area contributed by atoms with Crippen LogP contribution in [0.3, 0.4) is 0 Å². The molecule has 0 spiro atoms. The number of hydrogen-bond donors (Lipinski definition) is 0. The van der Waals surface area contributed by atoms with E-state index in [1.165, 1.54) is 88.0 Å². The van der Waals surface area contributed by atoms with Crippen molar-refractivity contribution in [2.75, 3.05) is 0 Å². The molecule has 0 atom stereocenters. The quantitative estimate of drug-likeness (QED) is 0.201. The van der Waals surface area contributed by atoms with Crippen molar-refractivity contribution >= 4 is 32.3 Å². The van der Waals surface area contributed by atoms with Crippen LogP contribution in [0.4, 0.5) is 0 Å². The lowest BCUT2D eigenvalue weighted by molar-refractivity contribution is 1.47. The predicted molar refractivity (Wildman–Crippen MR) is 190 cm³/mol. The molecule has 0 radical (unpaired) electrons. The minimum atomic E-state index is 1.24. The van der Waals surface area contributed by atoms with Crippen LogP contribution in [-0.2, 0) is 0 Å². The van der Waals surface area contributed by atoms with Gasteiger partial charge in [0.25, 0.3) is 0 Å². The third kappa shape index (κ3) is 4.39. The summed E-state index contributed by atoms with van der Waals surface area (Å²) in [6.45, 7) is 4.29. The molecule has 44 heavy (non-hydrogen) atoms. The zero-order chi connectivity index (χ0) is 29.6. The molecule has 8 aromatic carbocycles. The molecular formula is C44H32. The zero-order valence-electron chi connectivity index (χ0n) is 25.0. The van der Waals surface area contributed by atoms with Gasteiger partial charge in [-0.2, -0.15) is 0 Å². The monoisotopic (exact) mass is 560 g/mol. The van der Waals surface area contributed by atoms with Crippen molar-refractivity contribution in [3.05, 3.63) is 169 Å². The van der Waals surface area contributed by atoms with E-state index in [2.05, 4.69) is 172 Å². The first kappa shape index (κ1) is 26.2. The highest BCUT2D eigenvalue weighted by Gasteiger charge is 2.20. The minimum Gasteiger partial charge on any atom is -0.0616 e. The van der Waals surface area contributed by atoms with Gasteiger partial charge in [0.15, 0.2) is 0 Å². The lowest BCUT2D eigenvalue weighted by Crippen LogP contribution is -1.94. The third-order valence-electron chi connectivity index (χ3n) is 9.04. The molecule has 0 aliphatic heterocycles. The van der Waals surface area contributed by atoms with Crippen LogP contribution in [0.15, 0.2) is 158 Å². The Bertz CT molecular complexity index is 2310. The van der Waals surface area contributed by atoms with Crippen molar-refractivity contribution in [2.45, 2.75) is 13.8 Å². The van der Waals surface area contributed by atoms with Crippen molar-refractivity contribution in [1.82, 2.24) is 0 Å². The van der Waals surface area contributed by atoms with Crippen molar-refractivity contribution in [3.63, 3.8) is 0 Å². The fourth-order valence-corrected chi connectivity index (χ4v) is 6.81. The number of hydrogen-bond acceptors (Lipinski definition) is 0. The Labute approximate surface area is 258 Å². The third-order valence-corrected chi connectivity index (χ3v) is 9.04. The summed E-state index contributed by atoms with van der Waals surface area (Å²) in [6, 6.07) is 58.2. The number of rotatable bonds is 4. The molecule has 0 saturated carbocycles. The standard InChI is InChI=1S/C44H32/c1-29-18-22-32(23-19-29)35-26-27-41(38-14-6-5-13-36(35)38)44-40-16-8-7-15-39(40)42(33-24-20-30(2)21-25-33)28-43(44)37-17-9-11-31-10-3-4-12-34(31)37/h3-28H,1-2H3. The first-order chi connectivity index (χ1) is 21.7. The normalized spacial score (nSPS) is 11.4. The molecule has 0 nitrogen and oxygen atoms in total. The summed E-state index contributed by atoms with van der Waals surface area (Å²) < 4.78 is 0. The Morgan fingerprint density at radius 3 is 1.43 bits per heavy atom. The van der Waals surface area contributed by atoms with E-state index in [4.69, 9.17) is 0 Å². The Morgan fingerprint density at radius 1 is 0.295 bits per heavy atom. The maximum atomic E-state index is 2.44. The van der Waals surface area contributed by atoms with Crippen LogP contribution in [0.1, 0.15) is 11.1 Å².